The van der Waals surface area contributed by atoms with Gasteiger partial charge in [0.05, 0.1) is 0 Å². The lowest BCUT2D eigenvalue weighted by atomic mass is 10.1. The highest BCUT2D eigenvalue weighted by molar-refractivity contribution is 4.79. The maximum atomic E-state index is 12.3. The highest BCUT2D eigenvalue weighted by Crippen LogP contribution is 2.28. The van der Waals surface area contributed by atoms with Crippen molar-refractivity contribution in [2.45, 2.75) is 25.8 Å². The highest BCUT2D eigenvalue weighted by Gasteiger charge is 2.37. The minimum atomic E-state index is -2.58. The second-order valence-electron chi connectivity index (χ2n) is 2.56. The van der Waals surface area contributed by atoms with Crippen molar-refractivity contribution in [2.24, 2.45) is 5.92 Å². The van der Waals surface area contributed by atoms with Crippen molar-refractivity contribution >= 4 is 0 Å². The van der Waals surface area contributed by atoms with Crippen molar-refractivity contribution in [1.29, 1.82) is 0 Å². The van der Waals surface area contributed by atoms with Crippen molar-refractivity contribution in [3.8, 4) is 0 Å². The maximum absolute atomic E-state index is 12.3. The summed E-state index contributed by atoms with van der Waals surface area (Å²) in [5.74, 6) is 0.181. The number of nitrogens with one attached hydrogen (secondary N) is 1. The van der Waals surface area contributed by atoms with Crippen LogP contribution in [0.3, 0.4) is 0 Å². The van der Waals surface area contributed by atoms with Crippen molar-refractivity contribution in [1.82, 2.24) is 5.32 Å². The fourth-order valence-corrected chi connectivity index (χ4v) is 1.09. The van der Waals surface area contributed by atoms with E-state index in [4.69, 9.17) is 0 Å². The molecule has 3 heteroatoms. The Morgan fingerprint density at radius 2 is 2.33 bits per heavy atom. The number of halogens is 2. The molecular weight excluding hydrogens is 124 g/mol. The summed E-state index contributed by atoms with van der Waals surface area (Å²) >= 11 is 0. The van der Waals surface area contributed by atoms with Gasteiger partial charge in [0.25, 0.3) is 0 Å². The van der Waals surface area contributed by atoms with E-state index in [0.717, 1.165) is 6.42 Å². The normalized spacial score (nSPS) is 33.0. The Bertz CT molecular complexity index is 103. The summed E-state index contributed by atoms with van der Waals surface area (Å²) in [6.07, 6.45) is 0.867. The number of alkyl halides is 2. The van der Waals surface area contributed by atoms with Gasteiger partial charge in [-0.3, -0.25) is 5.32 Å². The van der Waals surface area contributed by atoms with Crippen LogP contribution < -0.4 is 5.32 Å². The smallest absolute Gasteiger partial charge is 0.258 e. The third-order valence-electron chi connectivity index (χ3n) is 1.77. The molecular formula is C6H11F2N. The van der Waals surface area contributed by atoms with E-state index >= 15 is 0 Å². The van der Waals surface area contributed by atoms with Crippen LogP contribution in [0.5, 0.6) is 0 Å². The van der Waals surface area contributed by atoms with Crippen LogP contribution in [0.1, 0.15) is 19.8 Å². The first kappa shape index (κ1) is 6.93. The van der Waals surface area contributed by atoms with E-state index in [-0.39, 0.29) is 12.3 Å². The second kappa shape index (κ2) is 2.21. The molecule has 0 aromatic rings. The summed E-state index contributed by atoms with van der Waals surface area (Å²) in [6.45, 7) is 2.41. The van der Waals surface area contributed by atoms with Crippen LogP contribution in [-0.2, 0) is 0 Å². The standard InChI is InChI=1S/C6H11F2N/c1-2-5-3-6(7,8)9-4-5/h5,9H,2-4H2,1H3. The van der Waals surface area contributed by atoms with Gasteiger partial charge in [0, 0.05) is 13.0 Å². The van der Waals surface area contributed by atoms with Crippen molar-refractivity contribution < 1.29 is 8.78 Å². The van der Waals surface area contributed by atoms with Crippen LogP contribution in [-0.4, -0.2) is 12.6 Å². The van der Waals surface area contributed by atoms with Gasteiger partial charge in [-0.15, -0.1) is 0 Å². The molecule has 0 spiro atoms. The molecule has 1 heterocycles. The Balaban J connectivity index is 2.38. The van der Waals surface area contributed by atoms with E-state index in [1.165, 1.54) is 0 Å². The molecule has 1 N–H and O–H groups in total. The summed E-state index contributed by atoms with van der Waals surface area (Å²) in [7, 11) is 0. The molecule has 9 heavy (non-hydrogen) atoms. The first-order valence-corrected chi connectivity index (χ1v) is 3.27. The predicted octanol–water partition coefficient (Wildman–Crippen LogP) is 1.60. The number of hydrogen-bond acceptors (Lipinski definition) is 1. The van der Waals surface area contributed by atoms with Gasteiger partial charge in [0.1, 0.15) is 0 Å². The van der Waals surface area contributed by atoms with Crippen LogP contribution in [0.15, 0.2) is 0 Å². The number of rotatable bonds is 1. The SMILES string of the molecule is CCC1CNC(F)(F)C1. The summed E-state index contributed by atoms with van der Waals surface area (Å²) in [4.78, 5) is 0. The fourth-order valence-electron chi connectivity index (χ4n) is 1.09. The molecule has 0 saturated carbocycles. The third-order valence-corrected chi connectivity index (χ3v) is 1.77. The molecule has 1 saturated heterocycles. The van der Waals surface area contributed by atoms with Crippen molar-refractivity contribution in [3.63, 3.8) is 0 Å². The maximum Gasteiger partial charge on any atom is 0.302 e. The lowest BCUT2D eigenvalue weighted by Crippen LogP contribution is -2.28. The second-order valence-corrected chi connectivity index (χ2v) is 2.56. The lowest BCUT2D eigenvalue weighted by Gasteiger charge is -2.06. The van der Waals surface area contributed by atoms with E-state index < -0.39 is 6.05 Å². The molecule has 1 rings (SSSR count). The molecule has 1 unspecified atom stereocenters. The first-order chi connectivity index (χ1) is 4.14. The molecule has 1 aliphatic rings. The van der Waals surface area contributed by atoms with Gasteiger partial charge in [-0.2, -0.15) is 8.78 Å². The topological polar surface area (TPSA) is 12.0 Å². The molecule has 0 bridgehead atoms. The first-order valence-electron chi connectivity index (χ1n) is 3.27. The monoisotopic (exact) mass is 135 g/mol. The van der Waals surface area contributed by atoms with E-state index in [0.29, 0.717) is 6.54 Å². The molecule has 0 radical (unpaired) electrons. The van der Waals surface area contributed by atoms with Gasteiger partial charge in [-0.1, -0.05) is 13.3 Å². The highest BCUT2D eigenvalue weighted by atomic mass is 19.3. The Kier molecular flexibility index (Phi) is 1.70. The zero-order valence-electron chi connectivity index (χ0n) is 5.45. The van der Waals surface area contributed by atoms with Crippen molar-refractivity contribution in [2.75, 3.05) is 6.54 Å². The van der Waals surface area contributed by atoms with Crippen LogP contribution >= 0.6 is 0 Å². The van der Waals surface area contributed by atoms with Gasteiger partial charge < -0.3 is 0 Å². The molecule has 54 valence electrons. The number of hydrogen-bond donors (Lipinski definition) is 1. The van der Waals surface area contributed by atoms with Gasteiger partial charge in [0.15, 0.2) is 0 Å². The molecule has 0 aromatic heterocycles. The van der Waals surface area contributed by atoms with E-state index in [1.807, 2.05) is 6.92 Å². The van der Waals surface area contributed by atoms with Gasteiger partial charge in [-0.25, -0.2) is 0 Å². The Morgan fingerprint density at radius 3 is 2.56 bits per heavy atom. The predicted molar refractivity (Wildman–Crippen MR) is 31.3 cm³/mol. The minimum Gasteiger partial charge on any atom is -0.258 e. The summed E-state index contributed by atoms with van der Waals surface area (Å²) < 4.78 is 24.5. The fraction of sp³-hybridized carbons (Fsp3) is 1.00. The zero-order valence-corrected chi connectivity index (χ0v) is 5.45. The van der Waals surface area contributed by atoms with E-state index in [1.54, 1.807) is 0 Å². The van der Waals surface area contributed by atoms with E-state index in [9.17, 15) is 8.78 Å². The third kappa shape index (κ3) is 1.61. The molecule has 0 amide bonds. The lowest BCUT2D eigenvalue weighted by molar-refractivity contribution is -0.0180. The van der Waals surface area contributed by atoms with Crippen molar-refractivity contribution in [3.05, 3.63) is 0 Å². The summed E-state index contributed by atoms with van der Waals surface area (Å²) in [6, 6.07) is -2.58. The van der Waals surface area contributed by atoms with E-state index in [2.05, 4.69) is 5.32 Å². The molecule has 0 aromatic carbocycles. The summed E-state index contributed by atoms with van der Waals surface area (Å²) in [5, 5.41) is 2.16. The molecule has 1 nitrogen and oxygen atoms in total. The zero-order chi connectivity index (χ0) is 6.91. The van der Waals surface area contributed by atoms with Gasteiger partial charge in [-0.05, 0) is 5.92 Å². The average molecular weight is 135 g/mol. The van der Waals surface area contributed by atoms with Gasteiger partial charge >= 0.3 is 6.05 Å². The molecule has 1 fully saturated rings. The Labute approximate surface area is 53.4 Å². The molecule has 0 aliphatic carbocycles. The summed E-state index contributed by atoms with van der Waals surface area (Å²) in [5.41, 5.74) is 0. The van der Waals surface area contributed by atoms with Gasteiger partial charge in [0.2, 0.25) is 0 Å². The van der Waals surface area contributed by atoms with Crippen LogP contribution in [0, 0.1) is 5.92 Å². The minimum absolute atomic E-state index is 0.0174. The quantitative estimate of drug-likeness (QED) is 0.538. The Hall–Kier alpha value is -0.180. The van der Waals surface area contributed by atoms with Crippen LogP contribution in [0.2, 0.25) is 0 Å². The average Bonchev–Trinajstić information content (AvgIpc) is 2.10. The largest absolute Gasteiger partial charge is 0.302 e. The van der Waals surface area contributed by atoms with Crippen LogP contribution in [0.25, 0.3) is 0 Å². The Morgan fingerprint density at radius 1 is 1.67 bits per heavy atom. The molecule has 1 atom stereocenters. The van der Waals surface area contributed by atoms with Crippen LogP contribution in [0.4, 0.5) is 8.78 Å². The molecule has 1 aliphatic heterocycles.